The molecule has 1 unspecified atom stereocenters. The Morgan fingerprint density at radius 3 is 2.28 bits per heavy atom. The average Bonchev–Trinajstić information content (AvgIpc) is 3.40. The van der Waals surface area contributed by atoms with Crippen molar-refractivity contribution in [3.05, 3.63) is 35.4 Å². The molecule has 0 radical (unpaired) electrons. The number of carbonyl (C=O) groups excluding carboxylic acids is 1. The molecule has 1 saturated heterocycles. The van der Waals surface area contributed by atoms with E-state index >= 15 is 0 Å². The summed E-state index contributed by atoms with van der Waals surface area (Å²) in [5.74, 6) is -3.04. The maximum absolute atomic E-state index is 13.4. The van der Waals surface area contributed by atoms with Gasteiger partial charge in [-0.15, -0.1) is 10.2 Å². The molecule has 4 rings (SSSR count). The van der Waals surface area contributed by atoms with Crippen molar-refractivity contribution in [3.63, 3.8) is 0 Å². The smallest absolute Gasteiger partial charge is 0.376 e. The van der Waals surface area contributed by atoms with E-state index in [4.69, 9.17) is 4.74 Å². The molecular formula is C19H20F5N3O2. The van der Waals surface area contributed by atoms with Crippen LogP contribution in [0.1, 0.15) is 48.0 Å². The van der Waals surface area contributed by atoms with E-state index < -0.39 is 23.7 Å². The van der Waals surface area contributed by atoms with E-state index in [1.54, 1.807) is 0 Å². The lowest BCUT2D eigenvalue weighted by Crippen LogP contribution is -2.35. The summed E-state index contributed by atoms with van der Waals surface area (Å²) < 4.78 is 71.5. The fourth-order valence-electron chi connectivity index (χ4n) is 4.13. The molecular weight excluding hydrogens is 397 g/mol. The number of nitrogens with zero attached hydrogens (tertiary/aromatic N) is 2. The number of halogens is 5. The van der Waals surface area contributed by atoms with Crippen LogP contribution in [0.2, 0.25) is 0 Å². The van der Waals surface area contributed by atoms with E-state index in [1.165, 1.54) is 24.3 Å². The largest absolute Gasteiger partial charge is 0.442 e. The minimum absolute atomic E-state index is 0.139. The lowest BCUT2D eigenvalue weighted by molar-refractivity contribution is -0.166. The van der Waals surface area contributed by atoms with E-state index in [1.807, 2.05) is 0 Å². The number of ether oxygens (including phenoxy) is 1. The second-order valence-electron chi connectivity index (χ2n) is 8.15. The molecule has 2 aliphatic heterocycles. The Balaban J connectivity index is 1.30. The van der Waals surface area contributed by atoms with Crippen LogP contribution in [0.15, 0.2) is 34.5 Å². The van der Waals surface area contributed by atoms with Crippen LogP contribution in [0.4, 0.5) is 22.0 Å². The highest BCUT2D eigenvalue weighted by molar-refractivity contribution is 5.94. The van der Waals surface area contributed by atoms with Gasteiger partial charge in [-0.25, -0.2) is 8.78 Å². The quantitative estimate of drug-likeness (QED) is 0.729. The topological polar surface area (TPSA) is 63.0 Å². The zero-order valence-electron chi connectivity index (χ0n) is 15.4. The van der Waals surface area contributed by atoms with Gasteiger partial charge < -0.3 is 10.1 Å². The third-order valence-electron chi connectivity index (χ3n) is 6.06. The highest BCUT2D eigenvalue weighted by atomic mass is 19.4. The Morgan fingerprint density at radius 1 is 1.10 bits per heavy atom. The summed E-state index contributed by atoms with van der Waals surface area (Å²) in [6, 6.07) is 4.96. The van der Waals surface area contributed by atoms with Gasteiger partial charge in [0.2, 0.25) is 5.92 Å². The number of benzene rings is 1. The van der Waals surface area contributed by atoms with Crippen molar-refractivity contribution in [2.75, 3.05) is 13.2 Å². The number of nitrogens with one attached hydrogen (secondary N) is 1. The third kappa shape index (κ3) is 3.86. The lowest BCUT2D eigenvalue weighted by atomic mass is 9.71. The van der Waals surface area contributed by atoms with Crippen molar-refractivity contribution in [2.24, 2.45) is 15.6 Å². The van der Waals surface area contributed by atoms with Gasteiger partial charge in [0.1, 0.15) is 0 Å². The Kier molecular flexibility index (Phi) is 4.67. The zero-order valence-corrected chi connectivity index (χ0v) is 15.4. The third-order valence-corrected chi connectivity index (χ3v) is 6.06. The van der Waals surface area contributed by atoms with Gasteiger partial charge in [-0.3, -0.25) is 4.79 Å². The van der Waals surface area contributed by atoms with E-state index in [9.17, 15) is 26.7 Å². The Bertz CT molecular complexity index is 806. The first-order valence-corrected chi connectivity index (χ1v) is 9.43. The van der Waals surface area contributed by atoms with Gasteiger partial charge in [-0.1, -0.05) is 12.1 Å². The summed E-state index contributed by atoms with van der Waals surface area (Å²) in [5.41, 5.74) is -2.69. The number of amides is 1. The monoisotopic (exact) mass is 417 g/mol. The number of hydrogen-bond donors (Lipinski definition) is 1. The van der Waals surface area contributed by atoms with E-state index in [0.717, 1.165) is 0 Å². The van der Waals surface area contributed by atoms with Crippen LogP contribution < -0.4 is 5.32 Å². The number of alkyl halides is 5. The molecule has 1 aliphatic carbocycles. The molecule has 2 fully saturated rings. The standard InChI is InChI=1S/C19H20F5N3O2/c20-17(21)7-5-16(6-8-17)9-14(29-11-16)10-25-15(28)12-1-3-13(4-2-12)18(26-27-18)19(22,23)24/h1-4,14H,5-11H2,(H,25,28). The molecule has 3 aliphatic rings. The SMILES string of the molecule is O=C(NCC1CC2(CCC(F)(F)CC2)CO1)c1ccc(C2(C(F)(F)F)N=N2)cc1. The van der Waals surface area contributed by atoms with E-state index in [0.29, 0.717) is 25.9 Å². The predicted molar refractivity (Wildman–Crippen MR) is 91.6 cm³/mol. The minimum Gasteiger partial charge on any atom is -0.376 e. The second-order valence-corrected chi connectivity index (χ2v) is 8.15. The number of carbonyl (C=O) groups is 1. The molecule has 29 heavy (non-hydrogen) atoms. The Hall–Kier alpha value is -2.10. The van der Waals surface area contributed by atoms with Gasteiger partial charge in [0.05, 0.1) is 12.7 Å². The first-order valence-electron chi connectivity index (χ1n) is 9.43. The van der Waals surface area contributed by atoms with Crippen molar-refractivity contribution in [1.82, 2.24) is 5.32 Å². The average molecular weight is 417 g/mol. The summed E-state index contributed by atoms with van der Waals surface area (Å²) in [6.45, 7) is 0.626. The molecule has 5 nitrogen and oxygen atoms in total. The molecule has 1 atom stereocenters. The molecule has 1 aromatic rings. The molecule has 10 heteroatoms. The van der Waals surface area contributed by atoms with Crippen molar-refractivity contribution in [2.45, 2.75) is 56.0 Å². The Morgan fingerprint density at radius 2 is 1.72 bits per heavy atom. The van der Waals surface area contributed by atoms with Crippen LogP contribution in [0, 0.1) is 5.41 Å². The summed E-state index contributed by atoms with van der Waals surface area (Å²) in [6.07, 6.45) is -3.73. The van der Waals surface area contributed by atoms with Gasteiger partial charge in [-0.2, -0.15) is 13.2 Å². The zero-order chi connectivity index (χ0) is 20.9. The molecule has 0 aromatic heterocycles. The first kappa shape index (κ1) is 20.2. The molecule has 1 N–H and O–H groups in total. The molecule has 2 heterocycles. The van der Waals surface area contributed by atoms with Gasteiger partial charge in [0.15, 0.2) is 0 Å². The Labute approximate surface area is 163 Å². The minimum atomic E-state index is -4.62. The normalized spacial score (nSPS) is 26.4. The molecule has 1 aromatic carbocycles. The molecule has 1 spiro atoms. The second kappa shape index (κ2) is 6.72. The fourth-order valence-corrected chi connectivity index (χ4v) is 4.13. The van der Waals surface area contributed by atoms with Crippen molar-refractivity contribution in [3.8, 4) is 0 Å². The van der Waals surface area contributed by atoms with Crippen LogP contribution in [-0.2, 0) is 10.4 Å². The first-order chi connectivity index (χ1) is 13.5. The molecule has 158 valence electrons. The van der Waals surface area contributed by atoms with Gasteiger partial charge in [-0.05, 0) is 36.8 Å². The predicted octanol–water partition coefficient (Wildman–Crippen LogP) is 4.58. The fraction of sp³-hybridized carbons (Fsp3) is 0.632. The summed E-state index contributed by atoms with van der Waals surface area (Å²) >= 11 is 0. The summed E-state index contributed by atoms with van der Waals surface area (Å²) in [5, 5.41) is 8.95. The molecule has 1 saturated carbocycles. The van der Waals surface area contributed by atoms with Gasteiger partial charge in [0, 0.05) is 30.5 Å². The van der Waals surface area contributed by atoms with Crippen LogP contribution in [0.5, 0.6) is 0 Å². The maximum Gasteiger partial charge on any atom is 0.442 e. The highest BCUT2D eigenvalue weighted by Gasteiger charge is 2.65. The number of hydrogen-bond acceptors (Lipinski definition) is 4. The van der Waals surface area contributed by atoms with Crippen LogP contribution in [0.3, 0.4) is 0 Å². The highest BCUT2D eigenvalue weighted by Crippen LogP contribution is 2.52. The van der Waals surface area contributed by atoms with Gasteiger partial charge >= 0.3 is 11.8 Å². The van der Waals surface area contributed by atoms with Gasteiger partial charge in [0.25, 0.3) is 5.91 Å². The van der Waals surface area contributed by atoms with Crippen molar-refractivity contribution >= 4 is 5.91 Å². The van der Waals surface area contributed by atoms with E-state index in [2.05, 4.69) is 15.5 Å². The summed E-state index contributed by atoms with van der Waals surface area (Å²) in [7, 11) is 0. The summed E-state index contributed by atoms with van der Waals surface area (Å²) in [4.78, 5) is 12.3. The number of rotatable bonds is 4. The molecule has 0 bridgehead atoms. The lowest BCUT2D eigenvalue weighted by Gasteiger charge is -2.35. The van der Waals surface area contributed by atoms with Crippen LogP contribution >= 0.6 is 0 Å². The van der Waals surface area contributed by atoms with Crippen LogP contribution in [-0.4, -0.2) is 37.3 Å². The molecule has 1 amide bonds. The van der Waals surface area contributed by atoms with E-state index in [-0.39, 0.29) is 42.0 Å². The van der Waals surface area contributed by atoms with Crippen molar-refractivity contribution < 1.29 is 31.5 Å². The van der Waals surface area contributed by atoms with Crippen molar-refractivity contribution in [1.29, 1.82) is 0 Å². The van der Waals surface area contributed by atoms with Crippen LogP contribution in [0.25, 0.3) is 0 Å². The maximum atomic E-state index is 13.4.